The second-order valence-corrected chi connectivity index (χ2v) is 4.57. The summed E-state index contributed by atoms with van der Waals surface area (Å²) < 4.78 is 0. The molecule has 0 heterocycles. The molecule has 1 amide bonds. The number of amides is 1. The molecule has 1 saturated carbocycles. The average Bonchev–Trinajstić information content (AvgIpc) is 2.10. The highest BCUT2D eigenvalue weighted by Gasteiger charge is 2.47. The van der Waals surface area contributed by atoms with Crippen LogP contribution in [0, 0.1) is 0 Å². The molecule has 5 nitrogen and oxygen atoms in total. The first kappa shape index (κ1) is 12.0. The van der Waals surface area contributed by atoms with Crippen molar-refractivity contribution in [3.05, 3.63) is 0 Å². The molecule has 0 spiro atoms. The number of nitrogens with one attached hydrogen (secondary N) is 2. The summed E-state index contributed by atoms with van der Waals surface area (Å²) in [6, 6.07) is 0. The quantitative estimate of drug-likeness (QED) is 0.620. The fourth-order valence-electron chi connectivity index (χ4n) is 1.41. The summed E-state index contributed by atoms with van der Waals surface area (Å²) in [6.45, 7) is 3.44. The van der Waals surface area contributed by atoms with E-state index in [2.05, 4.69) is 10.6 Å². The zero-order valence-corrected chi connectivity index (χ0v) is 9.39. The minimum absolute atomic E-state index is 0.271. The maximum absolute atomic E-state index is 11.8. The van der Waals surface area contributed by atoms with E-state index in [0.717, 1.165) is 6.42 Å². The van der Waals surface area contributed by atoms with Crippen LogP contribution in [0.2, 0.25) is 0 Å². The Kier molecular flexibility index (Phi) is 3.04. The molecule has 0 saturated heterocycles. The Morgan fingerprint density at radius 2 is 1.87 bits per heavy atom. The van der Waals surface area contributed by atoms with Crippen LogP contribution in [0.15, 0.2) is 0 Å². The fourth-order valence-corrected chi connectivity index (χ4v) is 1.41. The van der Waals surface area contributed by atoms with Gasteiger partial charge in [0, 0.05) is 0 Å². The largest absolute Gasteiger partial charge is 0.480 e. The molecule has 0 radical (unpaired) electrons. The van der Waals surface area contributed by atoms with Gasteiger partial charge in [0.25, 0.3) is 0 Å². The van der Waals surface area contributed by atoms with E-state index in [0.29, 0.717) is 12.8 Å². The van der Waals surface area contributed by atoms with Gasteiger partial charge in [0.05, 0.1) is 5.54 Å². The zero-order valence-electron chi connectivity index (χ0n) is 9.39. The monoisotopic (exact) mass is 214 g/mol. The Labute approximate surface area is 89.2 Å². The van der Waals surface area contributed by atoms with Gasteiger partial charge in [0.2, 0.25) is 5.91 Å². The molecular formula is C10H18N2O3. The van der Waals surface area contributed by atoms with E-state index in [-0.39, 0.29) is 5.91 Å². The number of aliphatic carboxylic acids is 1. The summed E-state index contributed by atoms with van der Waals surface area (Å²) in [4.78, 5) is 22.8. The van der Waals surface area contributed by atoms with Crippen LogP contribution in [-0.2, 0) is 9.59 Å². The van der Waals surface area contributed by atoms with Crippen LogP contribution >= 0.6 is 0 Å². The number of hydrogen-bond acceptors (Lipinski definition) is 3. The van der Waals surface area contributed by atoms with Crippen LogP contribution in [-0.4, -0.2) is 35.1 Å². The summed E-state index contributed by atoms with van der Waals surface area (Å²) in [5.74, 6) is -1.21. The highest BCUT2D eigenvalue weighted by Crippen LogP contribution is 2.32. The molecule has 86 valence electrons. The number of carboxylic acid groups (broad SMARTS) is 1. The van der Waals surface area contributed by atoms with Gasteiger partial charge >= 0.3 is 5.97 Å². The van der Waals surface area contributed by atoms with E-state index in [1.807, 2.05) is 0 Å². The number of carboxylic acids is 1. The van der Waals surface area contributed by atoms with Crippen LogP contribution in [0.25, 0.3) is 0 Å². The highest BCUT2D eigenvalue weighted by atomic mass is 16.4. The molecule has 0 unspecified atom stereocenters. The topological polar surface area (TPSA) is 78.4 Å². The normalized spacial score (nSPS) is 19.1. The maximum Gasteiger partial charge on any atom is 0.329 e. The molecule has 0 aliphatic heterocycles. The van der Waals surface area contributed by atoms with Crippen LogP contribution in [0.4, 0.5) is 0 Å². The van der Waals surface area contributed by atoms with Gasteiger partial charge in [-0.1, -0.05) is 0 Å². The molecule has 0 aromatic heterocycles. The fraction of sp³-hybridized carbons (Fsp3) is 0.800. The molecule has 3 N–H and O–H groups in total. The third kappa shape index (κ3) is 2.12. The van der Waals surface area contributed by atoms with Gasteiger partial charge < -0.3 is 15.7 Å². The van der Waals surface area contributed by atoms with Crippen LogP contribution in [0.5, 0.6) is 0 Å². The Balaban J connectivity index is 2.69. The van der Waals surface area contributed by atoms with Crippen molar-refractivity contribution in [2.24, 2.45) is 0 Å². The molecule has 1 aliphatic rings. The first-order chi connectivity index (χ1) is 6.84. The predicted molar refractivity (Wildman–Crippen MR) is 55.5 cm³/mol. The summed E-state index contributed by atoms with van der Waals surface area (Å²) in [5, 5.41) is 14.5. The summed E-state index contributed by atoms with van der Waals surface area (Å²) in [6.07, 6.45) is 1.90. The number of likely N-dealkylation sites (N-methyl/N-ethyl adjacent to an activating group) is 1. The Morgan fingerprint density at radius 3 is 2.13 bits per heavy atom. The van der Waals surface area contributed by atoms with Crippen LogP contribution in [0.3, 0.4) is 0 Å². The minimum Gasteiger partial charge on any atom is -0.480 e. The zero-order chi connectivity index (χ0) is 11.7. The molecule has 15 heavy (non-hydrogen) atoms. The van der Waals surface area contributed by atoms with E-state index in [1.54, 1.807) is 20.9 Å². The lowest BCUT2D eigenvalue weighted by atomic mass is 9.76. The van der Waals surface area contributed by atoms with E-state index in [1.165, 1.54) is 0 Å². The van der Waals surface area contributed by atoms with Crippen molar-refractivity contribution in [1.29, 1.82) is 0 Å². The first-order valence-corrected chi connectivity index (χ1v) is 5.09. The van der Waals surface area contributed by atoms with Crippen molar-refractivity contribution in [1.82, 2.24) is 10.6 Å². The van der Waals surface area contributed by atoms with Gasteiger partial charge in [-0.2, -0.15) is 0 Å². The van der Waals surface area contributed by atoms with Gasteiger partial charge in [-0.25, -0.2) is 4.79 Å². The van der Waals surface area contributed by atoms with Gasteiger partial charge in [0.15, 0.2) is 0 Å². The van der Waals surface area contributed by atoms with Crippen LogP contribution in [0.1, 0.15) is 33.1 Å². The summed E-state index contributed by atoms with van der Waals surface area (Å²) in [5.41, 5.74) is -1.76. The lowest BCUT2D eigenvalue weighted by Crippen LogP contribution is -2.64. The van der Waals surface area contributed by atoms with E-state index in [4.69, 9.17) is 5.11 Å². The smallest absolute Gasteiger partial charge is 0.329 e. The molecule has 1 fully saturated rings. The number of rotatable bonds is 4. The second kappa shape index (κ2) is 3.81. The van der Waals surface area contributed by atoms with Crippen LogP contribution < -0.4 is 10.6 Å². The Hall–Kier alpha value is -1.10. The minimum atomic E-state index is -1.02. The molecule has 0 atom stereocenters. The third-order valence-corrected chi connectivity index (χ3v) is 3.16. The third-order valence-electron chi connectivity index (χ3n) is 3.16. The highest BCUT2D eigenvalue weighted by molar-refractivity contribution is 5.92. The molecule has 0 bridgehead atoms. The molecular weight excluding hydrogens is 196 g/mol. The van der Waals surface area contributed by atoms with E-state index < -0.39 is 17.0 Å². The standard InChI is InChI=1S/C10H18N2O3/c1-9(2,11-3)7(13)12-10(8(14)15)5-4-6-10/h11H,4-6H2,1-3H3,(H,12,13)(H,14,15). The lowest BCUT2D eigenvalue weighted by Gasteiger charge is -2.40. The summed E-state index contributed by atoms with van der Waals surface area (Å²) >= 11 is 0. The van der Waals surface area contributed by atoms with Crippen molar-refractivity contribution < 1.29 is 14.7 Å². The van der Waals surface area contributed by atoms with E-state index in [9.17, 15) is 9.59 Å². The van der Waals surface area contributed by atoms with Crippen molar-refractivity contribution in [3.63, 3.8) is 0 Å². The number of carbonyl (C=O) groups is 2. The van der Waals surface area contributed by atoms with Gasteiger partial charge in [-0.3, -0.25) is 4.79 Å². The van der Waals surface area contributed by atoms with Gasteiger partial charge in [0.1, 0.15) is 5.54 Å². The van der Waals surface area contributed by atoms with E-state index >= 15 is 0 Å². The molecule has 0 aromatic carbocycles. The van der Waals surface area contributed by atoms with Gasteiger partial charge in [-0.15, -0.1) is 0 Å². The Morgan fingerprint density at radius 1 is 1.33 bits per heavy atom. The lowest BCUT2D eigenvalue weighted by molar-refractivity contribution is -0.152. The number of carbonyl (C=O) groups excluding carboxylic acids is 1. The molecule has 0 aromatic rings. The maximum atomic E-state index is 11.8. The van der Waals surface area contributed by atoms with Crippen molar-refractivity contribution in [2.75, 3.05) is 7.05 Å². The molecule has 1 aliphatic carbocycles. The van der Waals surface area contributed by atoms with Gasteiger partial charge in [-0.05, 0) is 40.2 Å². The number of hydrogen-bond donors (Lipinski definition) is 3. The molecule has 1 rings (SSSR count). The SMILES string of the molecule is CNC(C)(C)C(=O)NC1(C(=O)O)CCC1. The van der Waals surface area contributed by atoms with Crippen molar-refractivity contribution in [2.45, 2.75) is 44.2 Å². The second-order valence-electron chi connectivity index (χ2n) is 4.57. The predicted octanol–water partition coefficient (Wildman–Crippen LogP) is 0.108. The average molecular weight is 214 g/mol. The first-order valence-electron chi connectivity index (χ1n) is 5.09. The summed E-state index contributed by atoms with van der Waals surface area (Å²) in [7, 11) is 1.67. The van der Waals surface area contributed by atoms with Crippen molar-refractivity contribution >= 4 is 11.9 Å². The Bertz CT molecular complexity index is 282. The van der Waals surface area contributed by atoms with Crippen molar-refractivity contribution in [3.8, 4) is 0 Å². The molecule has 5 heteroatoms.